The molecule has 0 aliphatic carbocycles. The number of hydrogen-bond donors (Lipinski definition) is 0. The van der Waals surface area contributed by atoms with Crippen molar-refractivity contribution in [3.8, 4) is 0 Å². The molecule has 0 aromatic heterocycles. The Bertz CT molecular complexity index is 309. The summed E-state index contributed by atoms with van der Waals surface area (Å²) in [7, 11) is 0.136. The molecule has 1 rings (SSSR count). The van der Waals surface area contributed by atoms with Crippen LogP contribution in [-0.2, 0) is 10.9 Å². The van der Waals surface area contributed by atoms with Gasteiger partial charge >= 0.3 is 0 Å². The quantitative estimate of drug-likeness (QED) is 0.566. The number of carbonyl (C=O) groups is 1. The van der Waals surface area contributed by atoms with Gasteiger partial charge < -0.3 is 0 Å². The van der Waals surface area contributed by atoms with E-state index in [-0.39, 0.29) is 16.1 Å². The van der Waals surface area contributed by atoms with Crippen LogP contribution in [0.15, 0.2) is 30.3 Å². The van der Waals surface area contributed by atoms with Gasteiger partial charge in [0.05, 0.1) is 12.5 Å². The van der Waals surface area contributed by atoms with E-state index in [0.717, 1.165) is 5.56 Å². The molecule has 1 aromatic carbocycles. The number of Topliss-reactive ketones (excluding diaryl/α,β-unsaturated/α-hetero) is 1. The molecule has 0 aliphatic rings. The SMILES string of the molecule is CC(C)C(C(=O)c1ccccc1)[S+](C)C. The fourth-order valence-electron chi connectivity index (χ4n) is 1.83. The highest BCUT2D eigenvalue weighted by molar-refractivity contribution is 7.96. The highest BCUT2D eigenvalue weighted by atomic mass is 32.2. The minimum atomic E-state index is 0.136. The van der Waals surface area contributed by atoms with Gasteiger partial charge in [-0.1, -0.05) is 44.2 Å². The van der Waals surface area contributed by atoms with Crippen molar-refractivity contribution in [2.75, 3.05) is 12.5 Å². The number of rotatable bonds is 4. The van der Waals surface area contributed by atoms with Crippen LogP contribution < -0.4 is 0 Å². The molecule has 1 nitrogen and oxygen atoms in total. The first-order valence-electron chi connectivity index (χ1n) is 5.19. The Morgan fingerprint density at radius 3 is 2.07 bits per heavy atom. The first kappa shape index (κ1) is 12.3. The second-order valence-electron chi connectivity index (χ2n) is 4.27. The second-order valence-corrected chi connectivity index (χ2v) is 6.54. The second kappa shape index (κ2) is 5.36. The molecule has 0 bridgehead atoms. The lowest BCUT2D eigenvalue weighted by molar-refractivity contribution is 0.0974. The molecule has 0 fully saturated rings. The van der Waals surface area contributed by atoms with Gasteiger partial charge in [0.1, 0.15) is 0 Å². The van der Waals surface area contributed by atoms with Crippen molar-refractivity contribution in [1.29, 1.82) is 0 Å². The molecule has 2 heteroatoms. The zero-order valence-corrected chi connectivity index (χ0v) is 10.7. The lowest BCUT2D eigenvalue weighted by Gasteiger charge is -2.16. The molecule has 1 atom stereocenters. The maximum atomic E-state index is 12.2. The number of hydrogen-bond acceptors (Lipinski definition) is 1. The van der Waals surface area contributed by atoms with Gasteiger partial charge in [-0.15, -0.1) is 0 Å². The van der Waals surface area contributed by atoms with Gasteiger partial charge in [0.15, 0.2) is 5.25 Å². The summed E-state index contributed by atoms with van der Waals surface area (Å²) in [4.78, 5) is 12.2. The summed E-state index contributed by atoms with van der Waals surface area (Å²) in [6, 6.07) is 9.61. The molecule has 0 spiro atoms. The molecular weight excluding hydrogens is 204 g/mol. The van der Waals surface area contributed by atoms with E-state index in [0.29, 0.717) is 11.7 Å². The monoisotopic (exact) mass is 223 g/mol. The third-order valence-electron chi connectivity index (χ3n) is 2.43. The third kappa shape index (κ3) is 3.10. The lowest BCUT2D eigenvalue weighted by Crippen LogP contribution is -2.33. The molecule has 0 saturated carbocycles. The molecule has 0 heterocycles. The summed E-state index contributed by atoms with van der Waals surface area (Å²) < 4.78 is 0. The van der Waals surface area contributed by atoms with E-state index in [1.807, 2.05) is 30.3 Å². The Hall–Kier alpha value is -0.760. The Balaban J connectivity index is 2.92. The molecule has 0 aliphatic heterocycles. The molecule has 1 unspecified atom stereocenters. The van der Waals surface area contributed by atoms with Gasteiger partial charge in [0.2, 0.25) is 5.78 Å². The Morgan fingerprint density at radius 1 is 1.13 bits per heavy atom. The minimum absolute atomic E-state index is 0.136. The van der Waals surface area contributed by atoms with Crippen molar-refractivity contribution in [2.24, 2.45) is 5.92 Å². The van der Waals surface area contributed by atoms with Crippen LogP contribution in [0, 0.1) is 5.92 Å². The molecule has 1 aromatic rings. The first-order chi connectivity index (χ1) is 7.04. The maximum absolute atomic E-state index is 12.2. The number of benzene rings is 1. The first-order valence-corrected chi connectivity index (χ1v) is 7.30. The van der Waals surface area contributed by atoms with Gasteiger partial charge in [-0.05, 0) is 10.9 Å². The molecular formula is C13H19OS+. The fourth-order valence-corrected chi connectivity index (χ4v) is 3.48. The van der Waals surface area contributed by atoms with Gasteiger partial charge in [0, 0.05) is 11.5 Å². The van der Waals surface area contributed by atoms with E-state index >= 15 is 0 Å². The predicted octanol–water partition coefficient (Wildman–Crippen LogP) is 2.77. The predicted molar refractivity (Wildman–Crippen MR) is 68.6 cm³/mol. The van der Waals surface area contributed by atoms with E-state index in [9.17, 15) is 4.79 Å². The van der Waals surface area contributed by atoms with Crippen molar-refractivity contribution in [1.82, 2.24) is 0 Å². The zero-order valence-electron chi connectivity index (χ0n) is 9.86. The van der Waals surface area contributed by atoms with Gasteiger partial charge in [-0.2, -0.15) is 0 Å². The van der Waals surface area contributed by atoms with Crippen molar-refractivity contribution in [2.45, 2.75) is 19.1 Å². The zero-order chi connectivity index (χ0) is 11.4. The minimum Gasteiger partial charge on any atom is -0.288 e. The maximum Gasteiger partial charge on any atom is 0.215 e. The van der Waals surface area contributed by atoms with Crippen LogP contribution in [0.4, 0.5) is 0 Å². The van der Waals surface area contributed by atoms with Crippen molar-refractivity contribution < 1.29 is 4.79 Å². The smallest absolute Gasteiger partial charge is 0.215 e. The van der Waals surface area contributed by atoms with Crippen LogP contribution in [0.1, 0.15) is 24.2 Å². The van der Waals surface area contributed by atoms with Crippen LogP contribution in [0.5, 0.6) is 0 Å². The molecule has 0 saturated heterocycles. The van der Waals surface area contributed by atoms with Gasteiger partial charge in [-0.3, -0.25) is 4.79 Å². The van der Waals surface area contributed by atoms with Crippen LogP contribution in [0.3, 0.4) is 0 Å². The molecule has 82 valence electrons. The largest absolute Gasteiger partial charge is 0.288 e. The van der Waals surface area contributed by atoms with E-state index < -0.39 is 0 Å². The summed E-state index contributed by atoms with van der Waals surface area (Å²) in [5, 5.41) is 0.160. The highest BCUT2D eigenvalue weighted by Gasteiger charge is 2.33. The summed E-state index contributed by atoms with van der Waals surface area (Å²) in [6.45, 7) is 4.25. The van der Waals surface area contributed by atoms with Crippen LogP contribution in [0.2, 0.25) is 0 Å². The topological polar surface area (TPSA) is 17.1 Å². The van der Waals surface area contributed by atoms with Gasteiger partial charge in [0.25, 0.3) is 0 Å². The fraction of sp³-hybridized carbons (Fsp3) is 0.462. The highest BCUT2D eigenvalue weighted by Crippen LogP contribution is 2.17. The van der Waals surface area contributed by atoms with Crippen LogP contribution in [0.25, 0.3) is 0 Å². The van der Waals surface area contributed by atoms with Gasteiger partial charge in [-0.25, -0.2) is 0 Å². The average molecular weight is 223 g/mol. The summed E-state index contributed by atoms with van der Waals surface area (Å²) in [5.74, 6) is 0.704. The Kier molecular flexibility index (Phi) is 4.40. The summed E-state index contributed by atoms with van der Waals surface area (Å²) >= 11 is 0. The third-order valence-corrected chi connectivity index (χ3v) is 4.20. The van der Waals surface area contributed by atoms with E-state index in [2.05, 4.69) is 26.4 Å². The van der Waals surface area contributed by atoms with Crippen molar-refractivity contribution in [3.05, 3.63) is 35.9 Å². The molecule has 0 amide bonds. The molecule has 0 radical (unpaired) electrons. The summed E-state index contributed by atoms with van der Waals surface area (Å²) in [6.07, 6.45) is 4.29. The van der Waals surface area contributed by atoms with Crippen LogP contribution >= 0.6 is 0 Å². The number of carbonyl (C=O) groups excluding carboxylic acids is 1. The normalized spacial score (nSPS) is 13.2. The summed E-state index contributed by atoms with van der Waals surface area (Å²) in [5.41, 5.74) is 0.845. The van der Waals surface area contributed by atoms with E-state index in [1.54, 1.807) is 0 Å². The van der Waals surface area contributed by atoms with E-state index in [4.69, 9.17) is 0 Å². The van der Waals surface area contributed by atoms with Crippen LogP contribution in [-0.4, -0.2) is 23.5 Å². The van der Waals surface area contributed by atoms with E-state index in [1.165, 1.54) is 0 Å². The average Bonchev–Trinajstić information content (AvgIpc) is 2.18. The lowest BCUT2D eigenvalue weighted by atomic mass is 10.0. The van der Waals surface area contributed by atoms with Crippen molar-refractivity contribution >= 4 is 16.7 Å². The Morgan fingerprint density at radius 2 is 1.67 bits per heavy atom. The van der Waals surface area contributed by atoms with Crippen molar-refractivity contribution in [3.63, 3.8) is 0 Å². The molecule has 15 heavy (non-hydrogen) atoms. The number of ketones is 1. The Labute approximate surface area is 95.2 Å². The standard InChI is InChI=1S/C13H19OS/c1-10(2)13(15(3)4)12(14)11-8-6-5-7-9-11/h5-10,13H,1-4H3/q+1. The molecule has 0 N–H and O–H groups in total.